The molecule has 0 aromatic heterocycles. The van der Waals surface area contributed by atoms with Gasteiger partial charge in [-0.3, -0.25) is 0 Å². The van der Waals surface area contributed by atoms with Gasteiger partial charge in [0.2, 0.25) is 0 Å². The van der Waals surface area contributed by atoms with Gasteiger partial charge in [-0.15, -0.1) is 0 Å². The molecule has 4 heteroatoms. The number of hydrogen-bond donors (Lipinski definition) is 2. The predicted octanol–water partition coefficient (Wildman–Crippen LogP) is 2.27. The number of ether oxygens (including phenoxy) is 1. The van der Waals surface area contributed by atoms with Crippen LogP contribution in [0.4, 0.5) is 0 Å². The van der Waals surface area contributed by atoms with Crippen molar-refractivity contribution in [2.75, 3.05) is 45.9 Å². The summed E-state index contributed by atoms with van der Waals surface area (Å²) in [6.07, 6.45) is 5.68. The van der Waals surface area contributed by atoms with E-state index in [2.05, 4.69) is 31.0 Å². The lowest BCUT2D eigenvalue weighted by Gasteiger charge is -2.20. The summed E-state index contributed by atoms with van der Waals surface area (Å²) in [7, 11) is 0. The van der Waals surface area contributed by atoms with Gasteiger partial charge in [-0.25, -0.2) is 0 Å². The molecule has 0 aliphatic carbocycles. The molecule has 0 aliphatic rings. The van der Waals surface area contributed by atoms with Gasteiger partial charge in [0.15, 0.2) is 0 Å². The smallest absolute Gasteiger partial charge is 0.0897 e. The van der Waals surface area contributed by atoms with Crippen molar-refractivity contribution in [3.63, 3.8) is 0 Å². The van der Waals surface area contributed by atoms with Gasteiger partial charge in [0.1, 0.15) is 0 Å². The summed E-state index contributed by atoms with van der Waals surface area (Å²) in [5.41, 5.74) is 0. The summed E-state index contributed by atoms with van der Waals surface area (Å²) in [4.78, 5) is 2.42. The van der Waals surface area contributed by atoms with Crippen molar-refractivity contribution in [2.45, 2.75) is 59.0 Å². The van der Waals surface area contributed by atoms with Crippen molar-refractivity contribution in [1.82, 2.24) is 10.2 Å². The molecule has 0 rings (SSSR count). The first kappa shape index (κ1) is 19.8. The average Bonchev–Trinajstić information content (AvgIpc) is 2.46. The lowest BCUT2D eigenvalue weighted by molar-refractivity contribution is 0.0353. The summed E-state index contributed by atoms with van der Waals surface area (Å²) in [5.74, 6) is 0. The normalized spacial score (nSPS) is 13.1. The Morgan fingerprint density at radius 2 is 1.85 bits per heavy atom. The van der Waals surface area contributed by atoms with Gasteiger partial charge >= 0.3 is 0 Å². The molecular weight excluding hydrogens is 252 g/mol. The van der Waals surface area contributed by atoms with E-state index in [0.717, 1.165) is 39.2 Å². The maximum Gasteiger partial charge on any atom is 0.0897 e. The van der Waals surface area contributed by atoms with Crippen molar-refractivity contribution >= 4 is 0 Å². The SMILES string of the molecule is CCCCCCOCC(O)CNCCN(CC)CCC. The zero-order chi connectivity index (χ0) is 15.1. The van der Waals surface area contributed by atoms with E-state index in [0.29, 0.717) is 13.2 Å². The van der Waals surface area contributed by atoms with Crippen LogP contribution in [0.25, 0.3) is 0 Å². The van der Waals surface area contributed by atoms with Crippen LogP contribution in [0.1, 0.15) is 52.9 Å². The molecule has 1 atom stereocenters. The molecule has 0 saturated heterocycles. The first-order valence-electron chi connectivity index (χ1n) is 8.43. The molecule has 0 aliphatic heterocycles. The Morgan fingerprint density at radius 1 is 1.05 bits per heavy atom. The molecule has 2 N–H and O–H groups in total. The highest BCUT2D eigenvalue weighted by Gasteiger charge is 2.04. The molecule has 1 unspecified atom stereocenters. The number of rotatable bonds is 15. The van der Waals surface area contributed by atoms with Crippen LogP contribution < -0.4 is 5.32 Å². The predicted molar refractivity (Wildman–Crippen MR) is 86.2 cm³/mol. The van der Waals surface area contributed by atoms with Gasteiger partial charge in [0.05, 0.1) is 12.7 Å². The molecule has 4 nitrogen and oxygen atoms in total. The van der Waals surface area contributed by atoms with Gasteiger partial charge in [-0.05, 0) is 25.9 Å². The molecular formula is C16H36N2O2. The molecule has 0 saturated carbocycles. The first-order chi connectivity index (χ1) is 9.74. The zero-order valence-electron chi connectivity index (χ0n) is 13.9. The van der Waals surface area contributed by atoms with Crippen molar-refractivity contribution in [3.05, 3.63) is 0 Å². The molecule has 0 radical (unpaired) electrons. The van der Waals surface area contributed by atoms with Gasteiger partial charge in [-0.1, -0.05) is 40.0 Å². The monoisotopic (exact) mass is 288 g/mol. The maximum atomic E-state index is 9.78. The minimum Gasteiger partial charge on any atom is -0.389 e. The second-order valence-corrected chi connectivity index (χ2v) is 5.43. The Kier molecular flexibility index (Phi) is 15.1. The topological polar surface area (TPSA) is 44.7 Å². The maximum absolute atomic E-state index is 9.78. The lowest BCUT2D eigenvalue weighted by atomic mass is 10.2. The highest BCUT2D eigenvalue weighted by molar-refractivity contribution is 4.61. The molecule has 0 aromatic carbocycles. The van der Waals surface area contributed by atoms with E-state index in [4.69, 9.17) is 4.74 Å². The Bertz CT molecular complexity index is 191. The van der Waals surface area contributed by atoms with Crippen molar-refractivity contribution in [1.29, 1.82) is 0 Å². The van der Waals surface area contributed by atoms with Crippen LogP contribution in [0.3, 0.4) is 0 Å². The van der Waals surface area contributed by atoms with Crippen LogP contribution in [0.15, 0.2) is 0 Å². The Hall–Kier alpha value is -0.160. The molecule has 0 amide bonds. The molecule has 0 aromatic rings. The number of nitrogens with zero attached hydrogens (tertiary/aromatic N) is 1. The van der Waals surface area contributed by atoms with Crippen LogP contribution in [0, 0.1) is 0 Å². The van der Waals surface area contributed by atoms with E-state index >= 15 is 0 Å². The Balaban J connectivity index is 3.33. The lowest BCUT2D eigenvalue weighted by Crippen LogP contribution is -2.37. The Morgan fingerprint density at radius 3 is 2.50 bits per heavy atom. The minimum atomic E-state index is -0.387. The average molecular weight is 288 g/mol. The molecule has 0 fully saturated rings. The number of unbranched alkanes of at least 4 members (excludes halogenated alkanes) is 3. The van der Waals surface area contributed by atoms with Crippen LogP contribution in [0.2, 0.25) is 0 Å². The van der Waals surface area contributed by atoms with E-state index in [-0.39, 0.29) is 6.10 Å². The third-order valence-electron chi connectivity index (χ3n) is 3.42. The van der Waals surface area contributed by atoms with Crippen LogP contribution in [0.5, 0.6) is 0 Å². The summed E-state index contributed by atoms with van der Waals surface area (Å²) in [6, 6.07) is 0. The van der Waals surface area contributed by atoms with Crippen molar-refractivity contribution in [3.8, 4) is 0 Å². The van der Waals surface area contributed by atoms with Crippen molar-refractivity contribution < 1.29 is 9.84 Å². The quantitative estimate of drug-likeness (QED) is 0.454. The minimum absolute atomic E-state index is 0.387. The fourth-order valence-electron chi connectivity index (χ4n) is 2.16. The molecule has 0 bridgehead atoms. The summed E-state index contributed by atoms with van der Waals surface area (Å²) >= 11 is 0. The van der Waals surface area contributed by atoms with E-state index in [1.807, 2.05) is 0 Å². The van der Waals surface area contributed by atoms with E-state index in [1.54, 1.807) is 0 Å². The number of likely N-dealkylation sites (N-methyl/N-ethyl adjacent to an activating group) is 1. The van der Waals surface area contributed by atoms with Crippen LogP contribution in [-0.2, 0) is 4.74 Å². The summed E-state index contributed by atoms with van der Waals surface area (Å²) in [6.45, 7) is 12.7. The van der Waals surface area contributed by atoms with Gasteiger partial charge in [-0.2, -0.15) is 0 Å². The standard InChI is InChI=1S/C16H36N2O2/c1-4-7-8-9-13-20-15-16(19)14-17-10-12-18(6-3)11-5-2/h16-17,19H,4-15H2,1-3H3. The number of aliphatic hydroxyl groups excluding tert-OH is 1. The highest BCUT2D eigenvalue weighted by Crippen LogP contribution is 1.99. The van der Waals surface area contributed by atoms with Crippen LogP contribution in [-0.4, -0.2) is 62.0 Å². The second kappa shape index (κ2) is 15.2. The first-order valence-corrected chi connectivity index (χ1v) is 8.43. The molecule has 0 heterocycles. The van der Waals surface area contributed by atoms with Crippen molar-refractivity contribution in [2.24, 2.45) is 0 Å². The van der Waals surface area contributed by atoms with Gasteiger partial charge < -0.3 is 20.1 Å². The van der Waals surface area contributed by atoms with E-state index in [1.165, 1.54) is 25.7 Å². The van der Waals surface area contributed by atoms with Gasteiger partial charge in [0.25, 0.3) is 0 Å². The third kappa shape index (κ3) is 12.9. The molecule has 20 heavy (non-hydrogen) atoms. The second-order valence-electron chi connectivity index (χ2n) is 5.43. The number of nitrogens with one attached hydrogen (secondary N) is 1. The highest BCUT2D eigenvalue weighted by atomic mass is 16.5. The fraction of sp³-hybridized carbons (Fsp3) is 1.00. The third-order valence-corrected chi connectivity index (χ3v) is 3.42. The van der Waals surface area contributed by atoms with Crippen LogP contribution >= 0.6 is 0 Å². The molecule has 0 spiro atoms. The summed E-state index contributed by atoms with van der Waals surface area (Å²) in [5, 5.41) is 13.1. The van der Waals surface area contributed by atoms with E-state index in [9.17, 15) is 5.11 Å². The molecule has 122 valence electrons. The number of aliphatic hydroxyl groups is 1. The van der Waals surface area contributed by atoms with E-state index < -0.39 is 0 Å². The number of hydrogen-bond acceptors (Lipinski definition) is 4. The Labute approximate surface area is 125 Å². The van der Waals surface area contributed by atoms with Gasteiger partial charge in [0, 0.05) is 26.2 Å². The zero-order valence-corrected chi connectivity index (χ0v) is 13.9. The largest absolute Gasteiger partial charge is 0.389 e. The summed E-state index contributed by atoms with van der Waals surface area (Å²) < 4.78 is 5.48. The fourth-order valence-corrected chi connectivity index (χ4v) is 2.16.